The quantitative estimate of drug-likeness (QED) is 0.710. The Kier molecular flexibility index (Phi) is 5.95. The second-order valence-electron chi connectivity index (χ2n) is 7.26. The van der Waals surface area contributed by atoms with Crippen molar-refractivity contribution in [2.75, 3.05) is 20.6 Å². The van der Waals surface area contributed by atoms with E-state index in [0.29, 0.717) is 17.5 Å². The molecule has 0 aliphatic carbocycles. The Morgan fingerprint density at radius 3 is 2.46 bits per heavy atom. The molecule has 1 heterocycles. The Balaban J connectivity index is 1.80. The molecule has 1 aromatic heterocycles. The first-order chi connectivity index (χ1) is 13.4. The first-order valence-corrected chi connectivity index (χ1v) is 9.47. The van der Waals surface area contributed by atoms with E-state index in [9.17, 15) is 9.59 Å². The maximum atomic E-state index is 12.6. The van der Waals surface area contributed by atoms with Crippen LogP contribution >= 0.6 is 0 Å². The van der Waals surface area contributed by atoms with Gasteiger partial charge >= 0.3 is 0 Å². The molecule has 146 valence electrons. The van der Waals surface area contributed by atoms with E-state index in [1.165, 1.54) is 11.6 Å². The van der Waals surface area contributed by atoms with E-state index in [-0.39, 0.29) is 17.2 Å². The summed E-state index contributed by atoms with van der Waals surface area (Å²) in [6.45, 7) is 4.48. The number of hydrogen-bond acceptors (Lipinski definition) is 4. The Bertz CT molecular complexity index is 1040. The number of carbonyl (C=O) groups excluding carboxylic acids is 1. The molecule has 3 aromatic rings. The molecule has 0 saturated heterocycles. The van der Waals surface area contributed by atoms with Gasteiger partial charge in [-0.15, -0.1) is 0 Å². The Morgan fingerprint density at radius 1 is 1.11 bits per heavy atom. The second-order valence-corrected chi connectivity index (χ2v) is 7.26. The average molecular weight is 378 g/mol. The minimum absolute atomic E-state index is 0.0174. The predicted molar refractivity (Wildman–Crippen MR) is 112 cm³/mol. The predicted octanol–water partition coefficient (Wildman–Crippen LogP) is 3.70. The number of benzene rings is 2. The molecular formula is C23H26N2O3. The zero-order chi connectivity index (χ0) is 20.3. The molecule has 28 heavy (non-hydrogen) atoms. The largest absolute Gasteiger partial charge is 0.451 e. The van der Waals surface area contributed by atoms with E-state index in [4.69, 9.17) is 4.42 Å². The van der Waals surface area contributed by atoms with Gasteiger partial charge in [-0.1, -0.05) is 42.8 Å². The third-order valence-corrected chi connectivity index (χ3v) is 4.97. The lowest BCUT2D eigenvalue weighted by Gasteiger charge is -2.25. The summed E-state index contributed by atoms with van der Waals surface area (Å²) in [7, 11) is 3.94. The molecule has 1 atom stereocenters. The molecule has 0 radical (unpaired) electrons. The highest BCUT2D eigenvalue weighted by Gasteiger charge is 2.18. The molecule has 3 rings (SSSR count). The minimum Gasteiger partial charge on any atom is -0.451 e. The molecular weight excluding hydrogens is 352 g/mol. The summed E-state index contributed by atoms with van der Waals surface area (Å²) in [5, 5.41) is 3.40. The maximum Gasteiger partial charge on any atom is 0.287 e. The van der Waals surface area contributed by atoms with Crippen LogP contribution in [0, 0.1) is 6.92 Å². The van der Waals surface area contributed by atoms with Crippen LogP contribution in [0.1, 0.15) is 40.2 Å². The first kappa shape index (κ1) is 19.8. The molecule has 1 amide bonds. The van der Waals surface area contributed by atoms with Crippen molar-refractivity contribution >= 4 is 16.9 Å². The third-order valence-electron chi connectivity index (χ3n) is 4.97. The van der Waals surface area contributed by atoms with E-state index in [1.54, 1.807) is 6.07 Å². The van der Waals surface area contributed by atoms with Gasteiger partial charge in [-0.3, -0.25) is 9.59 Å². The van der Waals surface area contributed by atoms with Gasteiger partial charge in [0.15, 0.2) is 11.2 Å². The normalized spacial score (nSPS) is 12.3. The number of carbonyl (C=O) groups is 1. The van der Waals surface area contributed by atoms with Crippen LogP contribution in [0.25, 0.3) is 11.0 Å². The number of hydrogen-bond donors (Lipinski definition) is 1. The summed E-state index contributed by atoms with van der Waals surface area (Å²) in [4.78, 5) is 27.1. The summed E-state index contributed by atoms with van der Waals surface area (Å²) < 4.78 is 5.69. The smallest absolute Gasteiger partial charge is 0.287 e. The van der Waals surface area contributed by atoms with Gasteiger partial charge in [-0.2, -0.15) is 0 Å². The summed E-state index contributed by atoms with van der Waals surface area (Å²) in [6, 6.07) is 15.0. The second kappa shape index (κ2) is 8.40. The van der Waals surface area contributed by atoms with E-state index in [0.717, 1.165) is 17.5 Å². The first-order valence-electron chi connectivity index (χ1n) is 9.47. The standard InChI is InChI=1S/C23H26N2O3/c1-5-16-8-11-21-18(12-16)20(26)13-22(28-21)23(27)24-14-19(25(3)4)17-9-6-15(2)7-10-17/h6-13,19H,5,14H2,1-4H3,(H,24,27)/t19-/m0/s1. The van der Waals surface area contributed by atoms with Gasteiger partial charge in [0.1, 0.15) is 5.58 Å². The fraction of sp³-hybridized carbons (Fsp3) is 0.304. The molecule has 5 nitrogen and oxygen atoms in total. The highest BCUT2D eigenvalue weighted by Crippen LogP contribution is 2.19. The van der Waals surface area contributed by atoms with Crippen LogP contribution in [0.2, 0.25) is 0 Å². The highest BCUT2D eigenvalue weighted by molar-refractivity contribution is 5.93. The number of rotatable bonds is 6. The van der Waals surface area contributed by atoms with E-state index in [2.05, 4.69) is 29.6 Å². The third kappa shape index (κ3) is 4.31. The van der Waals surface area contributed by atoms with Gasteiger partial charge in [0.2, 0.25) is 0 Å². The SMILES string of the molecule is CCc1ccc2oc(C(=O)NC[C@@H](c3ccc(C)cc3)N(C)C)cc(=O)c2c1. The number of nitrogens with zero attached hydrogens (tertiary/aromatic N) is 1. The number of nitrogens with one attached hydrogen (secondary N) is 1. The summed E-state index contributed by atoms with van der Waals surface area (Å²) in [5.41, 5.74) is 3.59. The van der Waals surface area contributed by atoms with Crippen molar-refractivity contribution < 1.29 is 9.21 Å². The van der Waals surface area contributed by atoms with Crippen molar-refractivity contribution in [2.24, 2.45) is 0 Å². The van der Waals surface area contributed by atoms with Gasteiger partial charge in [0, 0.05) is 12.6 Å². The monoisotopic (exact) mass is 378 g/mol. The van der Waals surface area contributed by atoms with Crippen LogP contribution in [0.3, 0.4) is 0 Å². The van der Waals surface area contributed by atoms with Crippen LogP contribution in [0.5, 0.6) is 0 Å². The van der Waals surface area contributed by atoms with Crippen LogP contribution in [-0.2, 0) is 6.42 Å². The van der Waals surface area contributed by atoms with Crippen LogP contribution in [0.4, 0.5) is 0 Å². The lowest BCUT2D eigenvalue weighted by Crippen LogP contribution is -2.34. The van der Waals surface area contributed by atoms with Crippen molar-refractivity contribution in [3.63, 3.8) is 0 Å². The van der Waals surface area contributed by atoms with Crippen molar-refractivity contribution in [1.29, 1.82) is 0 Å². The van der Waals surface area contributed by atoms with Crippen molar-refractivity contribution in [3.8, 4) is 0 Å². The Labute approximate surface area is 165 Å². The molecule has 0 fully saturated rings. The van der Waals surface area contributed by atoms with E-state index in [1.807, 2.05) is 45.0 Å². The molecule has 0 aliphatic heterocycles. The molecule has 0 saturated carbocycles. The van der Waals surface area contributed by atoms with Crippen LogP contribution in [0.15, 0.2) is 57.7 Å². The van der Waals surface area contributed by atoms with Gasteiger partial charge in [-0.05, 0) is 50.7 Å². The summed E-state index contributed by atoms with van der Waals surface area (Å²) >= 11 is 0. The number of amides is 1. The molecule has 0 aliphatic rings. The average Bonchev–Trinajstić information content (AvgIpc) is 2.68. The molecule has 0 unspecified atom stereocenters. The van der Waals surface area contributed by atoms with E-state index < -0.39 is 5.91 Å². The number of likely N-dealkylation sites (N-methyl/N-ethyl adjacent to an activating group) is 1. The lowest BCUT2D eigenvalue weighted by molar-refractivity contribution is 0.0914. The number of fused-ring (bicyclic) bond motifs is 1. The van der Waals surface area contributed by atoms with Gasteiger partial charge in [0.25, 0.3) is 5.91 Å². The zero-order valence-electron chi connectivity index (χ0n) is 16.8. The number of aryl methyl sites for hydroxylation is 2. The molecule has 5 heteroatoms. The molecule has 0 bridgehead atoms. The highest BCUT2D eigenvalue weighted by atomic mass is 16.3. The fourth-order valence-corrected chi connectivity index (χ4v) is 3.20. The summed E-state index contributed by atoms with van der Waals surface area (Å²) in [6.07, 6.45) is 0.836. The molecule has 0 spiro atoms. The maximum absolute atomic E-state index is 12.6. The van der Waals surface area contributed by atoms with E-state index >= 15 is 0 Å². The zero-order valence-corrected chi connectivity index (χ0v) is 16.8. The van der Waals surface area contributed by atoms with Crippen molar-refractivity contribution in [3.05, 3.63) is 81.2 Å². The van der Waals surface area contributed by atoms with Crippen molar-refractivity contribution in [2.45, 2.75) is 26.3 Å². The summed E-state index contributed by atoms with van der Waals surface area (Å²) in [5.74, 6) is -0.360. The molecule has 2 aromatic carbocycles. The molecule has 1 N–H and O–H groups in total. The topological polar surface area (TPSA) is 62.6 Å². The lowest BCUT2D eigenvalue weighted by atomic mass is 10.0. The van der Waals surface area contributed by atoms with Gasteiger partial charge in [-0.25, -0.2) is 0 Å². The minimum atomic E-state index is -0.391. The Hall–Kier alpha value is -2.92. The fourth-order valence-electron chi connectivity index (χ4n) is 3.20. The Morgan fingerprint density at radius 2 is 1.82 bits per heavy atom. The van der Waals surface area contributed by atoms with Crippen molar-refractivity contribution in [1.82, 2.24) is 10.2 Å². The van der Waals surface area contributed by atoms with Gasteiger partial charge in [0.05, 0.1) is 11.4 Å². The van der Waals surface area contributed by atoms with Crippen LogP contribution < -0.4 is 10.7 Å². The van der Waals surface area contributed by atoms with Crippen LogP contribution in [-0.4, -0.2) is 31.4 Å². The van der Waals surface area contributed by atoms with Gasteiger partial charge < -0.3 is 14.6 Å².